The molecule has 0 fully saturated rings. The van der Waals surface area contributed by atoms with Gasteiger partial charge < -0.3 is 80.8 Å². The van der Waals surface area contributed by atoms with E-state index in [1.807, 2.05) is 27.7 Å². The Balaban J connectivity index is 3.45. The molecule has 9 atom stereocenters. The van der Waals surface area contributed by atoms with Gasteiger partial charge in [-0.15, -0.1) is 0 Å². The van der Waals surface area contributed by atoms with Gasteiger partial charge in [0.25, 0.3) is 0 Å². The first-order valence-electron chi connectivity index (χ1n) is 24.2. The number of carboxylic acid groups (broad SMARTS) is 2. The highest BCUT2D eigenvalue weighted by atomic mass is 16.4. The number of benzene rings is 1. The number of aliphatic carboxylic acids is 2. The van der Waals surface area contributed by atoms with Gasteiger partial charge in [0.15, 0.2) is 5.96 Å². The highest BCUT2D eigenvalue weighted by Crippen LogP contribution is 2.11. The van der Waals surface area contributed by atoms with E-state index in [4.69, 9.17) is 22.9 Å². The van der Waals surface area contributed by atoms with Crippen molar-refractivity contribution in [3.05, 3.63) is 35.9 Å². The molecule has 0 aliphatic rings. The number of rotatable bonds is 34. The Kier molecular flexibility index (Phi) is 28.5. The van der Waals surface area contributed by atoms with Crippen LogP contribution < -0.4 is 65.5 Å². The first-order chi connectivity index (χ1) is 34.5. The van der Waals surface area contributed by atoms with E-state index in [0.717, 1.165) is 6.92 Å². The summed E-state index contributed by atoms with van der Waals surface area (Å²) >= 11 is 0. The summed E-state index contributed by atoms with van der Waals surface area (Å²) in [5.74, 6) is -12.4. The van der Waals surface area contributed by atoms with Crippen LogP contribution in [-0.4, -0.2) is 154 Å². The molecule has 27 heteroatoms. The Hall–Kier alpha value is -7.42. The molecule has 1 aromatic rings. The van der Waals surface area contributed by atoms with Gasteiger partial charge in [-0.05, 0) is 62.3 Å². The minimum absolute atomic E-state index is 0.0204. The van der Waals surface area contributed by atoms with E-state index >= 15 is 0 Å². The number of aliphatic hydroxyl groups is 1. The Morgan fingerprint density at radius 2 is 1.09 bits per heavy atom. The summed E-state index contributed by atoms with van der Waals surface area (Å²) in [7, 11) is 0. The van der Waals surface area contributed by atoms with Gasteiger partial charge in [-0.3, -0.25) is 52.9 Å². The van der Waals surface area contributed by atoms with Crippen molar-refractivity contribution in [1.29, 1.82) is 0 Å². The average Bonchev–Trinajstić information content (AvgIpc) is 3.29. The van der Waals surface area contributed by atoms with Crippen LogP contribution in [0.15, 0.2) is 35.3 Å². The van der Waals surface area contributed by atoms with Crippen molar-refractivity contribution < 1.29 is 68.1 Å². The molecule has 1 rings (SSSR count). The van der Waals surface area contributed by atoms with E-state index < -0.39 is 151 Å². The number of carbonyl (C=O) groups excluding carboxylic acids is 9. The number of nitrogens with one attached hydrogen (secondary N) is 8. The summed E-state index contributed by atoms with van der Waals surface area (Å²) < 4.78 is 0. The number of carboxylic acids is 2. The molecular formula is C47H77N13O14. The van der Waals surface area contributed by atoms with E-state index in [1.54, 1.807) is 30.3 Å². The number of nitrogens with zero attached hydrogens (tertiary/aromatic N) is 1. The monoisotopic (exact) mass is 1050 g/mol. The number of guanidine groups is 1. The Labute approximate surface area is 429 Å². The fraction of sp³-hybridized carbons (Fsp3) is 0.617. The third-order valence-electron chi connectivity index (χ3n) is 10.9. The predicted octanol–water partition coefficient (Wildman–Crippen LogP) is -3.93. The van der Waals surface area contributed by atoms with Crippen molar-refractivity contribution in [3.63, 3.8) is 0 Å². The lowest BCUT2D eigenvalue weighted by atomic mass is 10.0. The zero-order valence-electron chi connectivity index (χ0n) is 43.0. The second-order valence-corrected chi connectivity index (χ2v) is 19.0. The maximum atomic E-state index is 14.0. The van der Waals surface area contributed by atoms with Crippen LogP contribution in [0.2, 0.25) is 0 Å². The summed E-state index contributed by atoms with van der Waals surface area (Å²) in [5.41, 5.74) is 22.8. The van der Waals surface area contributed by atoms with Crippen molar-refractivity contribution in [2.24, 2.45) is 45.7 Å². The molecular weight excluding hydrogens is 971 g/mol. The zero-order chi connectivity index (χ0) is 56.4. The van der Waals surface area contributed by atoms with Crippen LogP contribution in [0.1, 0.15) is 99.0 Å². The first kappa shape index (κ1) is 64.6. The molecule has 1 aromatic carbocycles. The molecule has 0 aliphatic heterocycles. The number of primary amides is 1. The molecule has 0 unspecified atom stereocenters. The van der Waals surface area contributed by atoms with Gasteiger partial charge in [-0.25, -0.2) is 4.79 Å². The number of hydrogen-bond donors (Lipinski definition) is 15. The second kappa shape index (κ2) is 32.6. The van der Waals surface area contributed by atoms with Crippen LogP contribution in [0.5, 0.6) is 0 Å². The molecule has 9 amide bonds. The summed E-state index contributed by atoms with van der Waals surface area (Å²) in [6.45, 7) is 10.8. The normalized spacial score (nSPS) is 14.8. The fourth-order valence-electron chi connectivity index (χ4n) is 7.14. The van der Waals surface area contributed by atoms with Gasteiger partial charge in [0.1, 0.15) is 42.3 Å². The van der Waals surface area contributed by atoms with Gasteiger partial charge in [-0.2, -0.15) is 0 Å². The summed E-state index contributed by atoms with van der Waals surface area (Å²) in [6.07, 6.45) is -3.55. The second-order valence-electron chi connectivity index (χ2n) is 19.0. The summed E-state index contributed by atoms with van der Waals surface area (Å²) in [5, 5.41) is 48.9. The van der Waals surface area contributed by atoms with E-state index in [1.165, 1.54) is 13.8 Å². The highest BCUT2D eigenvalue weighted by Gasteiger charge is 2.36. The molecule has 0 bridgehead atoms. The largest absolute Gasteiger partial charge is 0.481 e. The van der Waals surface area contributed by atoms with Gasteiger partial charge in [0.05, 0.1) is 25.1 Å². The van der Waals surface area contributed by atoms with Gasteiger partial charge in [-0.1, -0.05) is 71.9 Å². The van der Waals surface area contributed by atoms with Gasteiger partial charge in [0.2, 0.25) is 53.2 Å². The SMILES string of the molecule is CC(C)C[C@H](NC(=O)[C@@H](N)CC(C)C)C(=O)NCC(=O)N[C@@H](CCCN=C(N)N)C(=O)N[C@@H](CC(N)=O)C(=O)N[C@H](C(=O)N[C@@H](Cc1ccccc1)C(=O)N[C@@H](CCC(=O)O)C(=O)N[C@H](C(=O)O)C(C)C)[C@@H](C)O. The number of carbonyl (C=O) groups is 11. The summed E-state index contributed by atoms with van der Waals surface area (Å²) in [6, 6.07) is -3.73. The molecule has 414 valence electrons. The van der Waals surface area contributed by atoms with Crippen molar-refractivity contribution in [1.82, 2.24) is 42.5 Å². The third-order valence-corrected chi connectivity index (χ3v) is 10.9. The Morgan fingerprint density at radius 3 is 1.62 bits per heavy atom. The predicted molar refractivity (Wildman–Crippen MR) is 268 cm³/mol. The molecule has 74 heavy (non-hydrogen) atoms. The fourth-order valence-corrected chi connectivity index (χ4v) is 7.14. The molecule has 19 N–H and O–H groups in total. The van der Waals surface area contributed by atoms with Crippen LogP contribution in [0, 0.1) is 17.8 Å². The highest BCUT2D eigenvalue weighted by molar-refractivity contribution is 5.99. The van der Waals surface area contributed by atoms with Crippen LogP contribution >= 0.6 is 0 Å². The van der Waals surface area contributed by atoms with Crippen LogP contribution in [-0.2, 0) is 59.2 Å². The van der Waals surface area contributed by atoms with E-state index in [-0.39, 0.29) is 50.0 Å². The minimum atomic E-state index is -1.91. The number of amides is 9. The number of aliphatic hydroxyl groups excluding tert-OH is 1. The summed E-state index contributed by atoms with van der Waals surface area (Å²) in [4.78, 5) is 148. The van der Waals surface area contributed by atoms with Gasteiger partial charge in [0, 0.05) is 19.4 Å². The smallest absolute Gasteiger partial charge is 0.326 e. The standard InChI is InChI=1S/C47H77N13O14/c1-23(2)18-28(48)39(66)56-31(19-24(3)4)40(67)53-22-35(63)54-29(14-11-17-52-47(50)51)41(68)57-33(21-34(49)62)44(71)60-38(26(7)61)45(72)58-32(20-27-12-9-8-10-13-27)43(70)55-30(15-16-36(64)65)42(69)59-37(25(5)6)46(73)74/h8-10,12-13,23-26,28-33,37-38,61H,11,14-22,48H2,1-7H3,(H2,49,62)(H,53,67)(H,54,63)(H,55,70)(H,56,66)(H,57,68)(H,58,72)(H,59,69)(H,60,71)(H,64,65)(H,73,74)(H4,50,51,52)/t26-,28+,29+,30+,31+,32+,33+,37+,38+/m1/s1. The molecule has 0 spiro atoms. The topological polar surface area (TPSA) is 461 Å². The number of nitrogens with two attached hydrogens (primary N) is 4. The van der Waals surface area contributed by atoms with Crippen LogP contribution in [0.4, 0.5) is 0 Å². The van der Waals surface area contributed by atoms with Crippen LogP contribution in [0.3, 0.4) is 0 Å². The maximum Gasteiger partial charge on any atom is 0.326 e. The molecule has 0 saturated carbocycles. The van der Waals surface area contributed by atoms with Crippen molar-refractivity contribution in [3.8, 4) is 0 Å². The minimum Gasteiger partial charge on any atom is -0.481 e. The van der Waals surface area contributed by atoms with Crippen molar-refractivity contribution >= 4 is 71.1 Å². The molecule has 0 radical (unpaired) electrons. The lowest BCUT2D eigenvalue weighted by Gasteiger charge is -2.28. The van der Waals surface area contributed by atoms with Gasteiger partial charge >= 0.3 is 11.9 Å². The van der Waals surface area contributed by atoms with Crippen molar-refractivity contribution in [2.45, 2.75) is 154 Å². The van der Waals surface area contributed by atoms with E-state index in [2.05, 4.69) is 47.5 Å². The van der Waals surface area contributed by atoms with E-state index in [0.29, 0.717) is 12.0 Å². The lowest BCUT2D eigenvalue weighted by molar-refractivity contribution is -0.144. The number of aliphatic imine (C=N–C) groups is 1. The molecule has 0 saturated heterocycles. The molecule has 0 aliphatic carbocycles. The molecule has 27 nitrogen and oxygen atoms in total. The van der Waals surface area contributed by atoms with E-state index in [9.17, 15) is 68.1 Å². The third kappa shape index (κ3) is 25.3. The molecule has 0 aromatic heterocycles. The lowest BCUT2D eigenvalue weighted by Crippen LogP contribution is -2.62. The average molecular weight is 1050 g/mol. The first-order valence-corrected chi connectivity index (χ1v) is 24.2. The zero-order valence-corrected chi connectivity index (χ0v) is 43.0. The number of hydrogen-bond acceptors (Lipinski definition) is 14. The maximum absolute atomic E-state index is 14.0. The Morgan fingerprint density at radius 1 is 0.581 bits per heavy atom. The molecule has 0 heterocycles. The quantitative estimate of drug-likeness (QED) is 0.0178. The van der Waals surface area contributed by atoms with Crippen LogP contribution in [0.25, 0.3) is 0 Å². The van der Waals surface area contributed by atoms with Crippen molar-refractivity contribution in [2.75, 3.05) is 13.1 Å². The Bertz CT molecular complexity index is 2120.